The number of amides is 1. The van der Waals surface area contributed by atoms with Crippen LogP contribution in [0.1, 0.15) is 38.4 Å². The van der Waals surface area contributed by atoms with Gasteiger partial charge in [-0.05, 0) is 32.0 Å². The van der Waals surface area contributed by atoms with Gasteiger partial charge in [0.2, 0.25) is 5.91 Å². The van der Waals surface area contributed by atoms with Gasteiger partial charge in [-0.3, -0.25) is 4.79 Å². The van der Waals surface area contributed by atoms with Crippen LogP contribution in [0.4, 0.5) is 14.6 Å². The van der Waals surface area contributed by atoms with E-state index in [9.17, 15) is 13.6 Å². The largest absolute Gasteiger partial charge is 0.324 e. The van der Waals surface area contributed by atoms with Crippen LogP contribution < -0.4 is 5.32 Å². The molecule has 0 aliphatic heterocycles. The van der Waals surface area contributed by atoms with Gasteiger partial charge in [-0.1, -0.05) is 0 Å². The highest BCUT2D eigenvalue weighted by molar-refractivity contribution is 5.90. The summed E-state index contributed by atoms with van der Waals surface area (Å²) in [4.78, 5) is 16.4. The summed E-state index contributed by atoms with van der Waals surface area (Å²) < 4.78 is 29.6. The van der Waals surface area contributed by atoms with E-state index in [0.29, 0.717) is 16.9 Å². The van der Waals surface area contributed by atoms with Crippen LogP contribution in [0.2, 0.25) is 0 Å². The predicted octanol–water partition coefficient (Wildman–Crippen LogP) is 3.78. The zero-order valence-corrected chi connectivity index (χ0v) is 14.0. The van der Waals surface area contributed by atoms with Gasteiger partial charge >= 0.3 is 0 Å². The van der Waals surface area contributed by atoms with E-state index < -0.39 is 6.43 Å². The number of rotatable bonds is 6. The number of hydrogen-bond donors (Lipinski definition) is 1. The van der Waals surface area contributed by atoms with E-state index in [1.54, 1.807) is 35.3 Å². The average molecular weight is 347 g/mol. The lowest BCUT2D eigenvalue weighted by atomic mass is 10.3. The fourth-order valence-electron chi connectivity index (χ4n) is 2.77. The fraction of sp³-hybridized carbons (Fsp3) is 0.353. The Morgan fingerprint density at radius 2 is 2.08 bits per heavy atom. The molecule has 0 bridgehead atoms. The zero-order chi connectivity index (χ0) is 18.0. The maximum absolute atomic E-state index is 13.3. The van der Waals surface area contributed by atoms with Crippen molar-refractivity contribution in [3.8, 4) is 0 Å². The van der Waals surface area contributed by atoms with Gasteiger partial charge in [0.05, 0.1) is 11.9 Å². The first-order valence-corrected chi connectivity index (χ1v) is 8.03. The number of nitrogens with one attached hydrogen (secondary N) is 1. The number of carbonyl (C=O) groups is 1. The lowest BCUT2D eigenvalue weighted by Gasteiger charge is -2.13. The molecule has 0 aromatic carbocycles. The minimum atomic E-state index is -2.63. The van der Waals surface area contributed by atoms with Crippen LogP contribution >= 0.6 is 0 Å². The van der Waals surface area contributed by atoms with Gasteiger partial charge in [0.15, 0.2) is 0 Å². The van der Waals surface area contributed by atoms with Gasteiger partial charge in [0.25, 0.3) is 6.43 Å². The van der Waals surface area contributed by atoms with Crippen molar-refractivity contribution in [1.82, 2.24) is 19.3 Å². The van der Waals surface area contributed by atoms with Crippen LogP contribution in [0, 0.1) is 0 Å². The lowest BCUT2D eigenvalue weighted by Crippen LogP contribution is -2.18. The monoisotopic (exact) mass is 347 g/mol. The molecular weight excluding hydrogens is 328 g/mol. The highest BCUT2D eigenvalue weighted by Gasteiger charge is 2.18. The van der Waals surface area contributed by atoms with Crippen LogP contribution in [-0.4, -0.2) is 25.2 Å². The molecule has 0 aliphatic rings. The number of aromatic nitrogens is 4. The molecule has 1 N–H and O–H groups in total. The van der Waals surface area contributed by atoms with Crippen molar-refractivity contribution in [1.29, 1.82) is 0 Å². The van der Waals surface area contributed by atoms with Crippen molar-refractivity contribution in [2.45, 2.75) is 39.3 Å². The van der Waals surface area contributed by atoms with Crippen molar-refractivity contribution in [3.63, 3.8) is 0 Å². The third kappa shape index (κ3) is 3.52. The molecule has 1 amide bonds. The number of pyridine rings is 1. The first-order valence-electron chi connectivity index (χ1n) is 8.03. The van der Waals surface area contributed by atoms with Gasteiger partial charge in [-0.2, -0.15) is 5.10 Å². The first-order chi connectivity index (χ1) is 12.0. The standard InChI is InChI=1S/C17H19F2N5O/c1-11(2)24-14(5-8-21-24)22-15(25)6-9-23-13(16(18)19)10-12-4-3-7-20-17(12)23/h3-5,7-8,10-11,16H,6,9H2,1-2H3,(H,22,25). The summed E-state index contributed by atoms with van der Waals surface area (Å²) in [7, 11) is 0. The molecule has 3 heterocycles. The van der Waals surface area contributed by atoms with Gasteiger partial charge in [0, 0.05) is 36.7 Å². The number of carbonyl (C=O) groups excluding carboxylic acids is 1. The quantitative estimate of drug-likeness (QED) is 0.738. The van der Waals surface area contributed by atoms with Crippen molar-refractivity contribution < 1.29 is 13.6 Å². The molecular formula is C17H19F2N5O. The molecule has 0 spiro atoms. The summed E-state index contributed by atoms with van der Waals surface area (Å²) in [6.45, 7) is 4.03. The number of halogens is 2. The first kappa shape index (κ1) is 17.1. The summed E-state index contributed by atoms with van der Waals surface area (Å²) in [6, 6.07) is 6.65. The van der Waals surface area contributed by atoms with E-state index in [2.05, 4.69) is 15.4 Å². The Morgan fingerprint density at radius 3 is 2.80 bits per heavy atom. The number of alkyl halides is 2. The Balaban J connectivity index is 1.75. The van der Waals surface area contributed by atoms with Crippen LogP contribution in [0.5, 0.6) is 0 Å². The molecule has 3 rings (SSSR count). The van der Waals surface area contributed by atoms with E-state index in [1.165, 1.54) is 10.6 Å². The molecule has 8 heteroatoms. The smallest absolute Gasteiger partial charge is 0.278 e. The molecule has 0 atom stereocenters. The number of nitrogens with zero attached hydrogens (tertiary/aromatic N) is 4. The predicted molar refractivity (Wildman–Crippen MR) is 90.5 cm³/mol. The summed E-state index contributed by atoms with van der Waals surface area (Å²) in [5.41, 5.74) is 0.326. The molecule has 0 fully saturated rings. The summed E-state index contributed by atoms with van der Waals surface area (Å²) in [5, 5.41) is 7.55. The van der Waals surface area contributed by atoms with Crippen molar-refractivity contribution in [2.75, 3.05) is 5.32 Å². The molecule has 0 saturated carbocycles. The molecule has 0 radical (unpaired) electrons. The summed E-state index contributed by atoms with van der Waals surface area (Å²) in [5.74, 6) is 0.324. The molecule has 3 aromatic rings. The normalized spacial score (nSPS) is 11.6. The van der Waals surface area contributed by atoms with Crippen LogP contribution in [-0.2, 0) is 11.3 Å². The highest BCUT2D eigenvalue weighted by Crippen LogP contribution is 2.26. The Kier molecular flexibility index (Phi) is 4.78. The van der Waals surface area contributed by atoms with Gasteiger partial charge in [-0.25, -0.2) is 18.4 Å². The number of anilines is 1. The Hall–Kier alpha value is -2.77. The minimum absolute atomic E-state index is 0.0589. The number of hydrogen-bond acceptors (Lipinski definition) is 3. The van der Waals surface area contributed by atoms with Crippen LogP contribution in [0.15, 0.2) is 36.7 Å². The highest BCUT2D eigenvalue weighted by atomic mass is 19.3. The van der Waals surface area contributed by atoms with Crippen molar-refractivity contribution >= 4 is 22.8 Å². The summed E-state index contributed by atoms with van der Waals surface area (Å²) >= 11 is 0. The molecule has 132 valence electrons. The van der Waals surface area contributed by atoms with E-state index in [0.717, 1.165) is 0 Å². The lowest BCUT2D eigenvalue weighted by molar-refractivity contribution is -0.116. The maximum Gasteiger partial charge on any atom is 0.278 e. The number of fused-ring (bicyclic) bond motifs is 1. The maximum atomic E-state index is 13.3. The molecule has 0 aliphatic carbocycles. The fourth-order valence-corrected chi connectivity index (χ4v) is 2.77. The molecule has 25 heavy (non-hydrogen) atoms. The van der Waals surface area contributed by atoms with Crippen molar-refractivity contribution in [3.05, 3.63) is 42.4 Å². The molecule has 3 aromatic heterocycles. The van der Waals surface area contributed by atoms with E-state index >= 15 is 0 Å². The van der Waals surface area contributed by atoms with Gasteiger partial charge in [-0.15, -0.1) is 0 Å². The average Bonchev–Trinajstić information content (AvgIpc) is 3.17. The second-order valence-electron chi connectivity index (χ2n) is 5.99. The number of aryl methyl sites for hydroxylation is 1. The van der Waals surface area contributed by atoms with E-state index in [1.807, 2.05) is 13.8 Å². The van der Waals surface area contributed by atoms with Gasteiger partial charge < -0.3 is 9.88 Å². The topological polar surface area (TPSA) is 64.7 Å². The Morgan fingerprint density at radius 1 is 1.28 bits per heavy atom. The van der Waals surface area contributed by atoms with E-state index in [-0.39, 0.29) is 30.6 Å². The van der Waals surface area contributed by atoms with Crippen LogP contribution in [0.25, 0.3) is 11.0 Å². The van der Waals surface area contributed by atoms with Crippen molar-refractivity contribution in [2.24, 2.45) is 0 Å². The summed E-state index contributed by atoms with van der Waals surface area (Å²) in [6.07, 6.45) is 0.590. The molecule has 0 unspecified atom stereocenters. The minimum Gasteiger partial charge on any atom is -0.324 e. The Bertz CT molecular complexity index is 884. The van der Waals surface area contributed by atoms with Gasteiger partial charge in [0.1, 0.15) is 11.5 Å². The second-order valence-corrected chi connectivity index (χ2v) is 5.99. The second kappa shape index (κ2) is 7.00. The van der Waals surface area contributed by atoms with E-state index in [4.69, 9.17) is 0 Å². The Labute approximate surface area is 143 Å². The third-order valence-electron chi connectivity index (χ3n) is 3.90. The molecule has 0 saturated heterocycles. The SMILES string of the molecule is CC(C)n1nccc1NC(=O)CCn1c(C(F)F)cc2cccnc21. The van der Waals surface area contributed by atoms with Crippen LogP contribution in [0.3, 0.4) is 0 Å². The third-order valence-corrected chi connectivity index (χ3v) is 3.90. The molecule has 6 nitrogen and oxygen atoms in total. The zero-order valence-electron chi connectivity index (χ0n) is 14.0.